The fourth-order valence-electron chi connectivity index (χ4n) is 1.53. The van der Waals surface area contributed by atoms with E-state index in [0.29, 0.717) is 0 Å². The Bertz CT molecular complexity index is 553. The van der Waals surface area contributed by atoms with Gasteiger partial charge in [0.2, 0.25) is 0 Å². The number of thiophene rings is 1. The molecule has 1 heterocycles. The molecule has 17 heavy (non-hydrogen) atoms. The SMILES string of the molecule is Cc1cc(Br)c(C(Br)c2cccc(F)c2Cl)s1. The lowest BCUT2D eigenvalue weighted by Crippen LogP contribution is -1.93. The smallest absolute Gasteiger partial charge is 0.142 e. The van der Waals surface area contributed by atoms with Crippen molar-refractivity contribution >= 4 is 54.8 Å². The van der Waals surface area contributed by atoms with Gasteiger partial charge in [-0.2, -0.15) is 0 Å². The summed E-state index contributed by atoms with van der Waals surface area (Å²) in [4.78, 5) is 2.19. The van der Waals surface area contributed by atoms with Crippen molar-refractivity contribution in [3.8, 4) is 0 Å². The summed E-state index contributed by atoms with van der Waals surface area (Å²) >= 11 is 14.7. The predicted octanol–water partition coefficient (Wildman–Crippen LogP) is 6.10. The van der Waals surface area contributed by atoms with Crippen LogP contribution in [0.4, 0.5) is 4.39 Å². The molecule has 0 radical (unpaired) electrons. The van der Waals surface area contributed by atoms with E-state index in [-0.39, 0.29) is 9.85 Å². The molecule has 0 N–H and O–H groups in total. The second kappa shape index (κ2) is 5.39. The van der Waals surface area contributed by atoms with Crippen molar-refractivity contribution in [2.24, 2.45) is 0 Å². The average molecular weight is 399 g/mol. The lowest BCUT2D eigenvalue weighted by atomic mass is 10.1. The van der Waals surface area contributed by atoms with Crippen molar-refractivity contribution in [3.05, 3.63) is 54.9 Å². The number of aryl methyl sites for hydroxylation is 1. The van der Waals surface area contributed by atoms with Crippen LogP contribution in [-0.4, -0.2) is 0 Å². The van der Waals surface area contributed by atoms with Gasteiger partial charge in [-0.15, -0.1) is 11.3 Å². The lowest BCUT2D eigenvalue weighted by Gasteiger charge is -2.11. The molecule has 5 heteroatoms. The molecule has 0 amide bonds. The van der Waals surface area contributed by atoms with E-state index in [1.165, 1.54) is 10.9 Å². The first-order valence-electron chi connectivity index (χ1n) is 4.84. The van der Waals surface area contributed by atoms with E-state index >= 15 is 0 Å². The summed E-state index contributed by atoms with van der Waals surface area (Å²) in [6.45, 7) is 2.03. The van der Waals surface area contributed by atoms with Crippen LogP contribution in [-0.2, 0) is 0 Å². The molecule has 1 aromatic heterocycles. The van der Waals surface area contributed by atoms with E-state index in [4.69, 9.17) is 11.6 Å². The predicted molar refractivity (Wildman–Crippen MR) is 78.9 cm³/mol. The Labute approximate surface area is 125 Å². The van der Waals surface area contributed by atoms with E-state index in [9.17, 15) is 4.39 Å². The quantitative estimate of drug-likeness (QED) is 0.537. The summed E-state index contributed by atoms with van der Waals surface area (Å²) < 4.78 is 14.4. The fourth-order valence-corrected chi connectivity index (χ4v) is 4.99. The van der Waals surface area contributed by atoms with Crippen LogP contribution >= 0.6 is 54.8 Å². The van der Waals surface area contributed by atoms with Gasteiger partial charge in [0, 0.05) is 14.2 Å². The second-order valence-corrected chi connectivity index (χ2v) is 7.01. The van der Waals surface area contributed by atoms with Crippen LogP contribution in [0.3, 0.4) is 0 Å². The number of rotatable bonds is 2. The Hall–Kier alpha value is 0.1000. The Morgan fingerprint density at radius 3 is 2.71 bits per heavy atom. The molecule has 0 aliphatic rings. The van der Waals surface area contributed by atoms with Crippen LogP contribution in [0.15, 0.2) is 28.7 Å². The van der Waals surface area contributed by atoms with Crippen molar-refractivity contribution in [1.82, 2.24) is 0 Å². The third kappa shape index (κ3) is 2.75. The van der Waals surface area contributed by atoms with E-state index in [2.05, 4.69) is 31.9 Å². The standard InChI is InChI=1S/C12H8Br2ClFS/c1-6-5-8(13)12(17-6)10(14)7-3-2-4-9(16)11(7)15/h2-5,10H,1H3. The molecule has 0 spiro atoms. The maximum absolute atomic E-state index is 13.4. The van der Waals surface area contributed by atoms with Crippen molar-refractivity contribution in [2.75, 3.05) is 0 Å². The van der Waals surface area contributed by atoms with Gasteiger partial charge in [0.15, 0.2) is 0 Å². The Morgan fingerprint density at radius 1 is 1.41 bits per heavy atom. The molecule has 2 rings (SSSR count). The normalized spacial score (nSPS) is 12.8. The lowest BCUT2D eigenvalue weighted by molar-refractivity contribution is 0.626. The van der Waals surface area contributed by atoms with Crippen LogP contribution in [0, 0.1) is 12.7 Å². The highest BCUT2D eigenvalue weighted by Crippen LogP contribution is 2.43. The second-order valence-electron chi connectivity index (χ2n) is 3.57. The van der Waals surface area contributed by atoms with Crippen LogP contribution in [0.5, 0.6) is 0 Å². The van der Waals surface area contributed by atoms with Gasteiger partial charge in [0.1, 0.15) is 5.82 Å². The summed E-state index contributed by atoms with van der Waals surface area (Å²) in [5.74, 6) is -0.391. The maximum atomic E-state index is 13.4. The largest absolute Gasteiger partial charge is 0.205 e. The molecule has 0 aliphatic carbocycles. The molecule has 1 atom stereocenters. The number of hydrogen-bond donors (Lipinski definition) is 0. The summed E-state index contributed by atoms with van der Waals surface area (Å²) in [5, 5.41) is 0.173. The van der Waals surface area contributed by atoms with Gasteiger partial charge in [-0.25, -0.2) is 4.39 Å². The van der Waals surface area contributed by atoms with E-state index in [0.717, 1.165) is 14.9 Å². The van der Waals surface area contributed by atoms with Crippen molar-refractivity contribution in [1.29, 1.82) is 0 Å². The highest BCUT2D eigenvalue weighted by Gasteiger charge is 2.20. The van der Waals surface area contributed by atoms with Gasteiger partial charge in [-0.3, -0.25) is 0 Å². The first-order chi connectivity index (χ1) is 8.00. The minimum Gasteiger partial charge on any atom is -0.205 e. The number of benzene rings is 1. The molecular weight excluding hydrogens is 390 g/mol. The Kier molecular flexibility index (Phi) is 4.29. The zero-order valence-electron chi connectivity index (χ0n) is 8.81. The summed E-state index contributed by atoms with van der Waals surface area (Å²) in [7, 11) is 0. The summed E-state index contributed by atoms with van der Waals surface area (Å²) in [5.41, 5.74) is 0.745. The molecule has 0 bridgehead atoms. The Balaban J connectivity index is 2.47. The summed E-state index contributed by atoms with van der Waals surface area (Å²) in [6.07, 6.45) is 0. The molecule has 0 nitrogen and oxygen atoms in total. The molecule has 1 aromatic carbocycles. The van der Waals surface area contributed by atoms with Gasteiger partial charge in [0.25, 0.3) is 0 Å². The number of alkyl halides is 1. The third-order valence-electron chi connectivity index (χ3n) is 2.32. The summed E-state index contributed by atoms with van der Waals surface area (Å²) in [6, 6.07) is 6.90. The van der Waals surface area contributed by atoms with Crippen LogP contribution in [0.2, 0.25) is 5.02 Å². The highest BCUT2D eigenvalue weighted by atomic mass is 79.9. The highest BCUT2D eigenvalue weighted by molar-refractivity contribution is 9.11. The van der Waals surface area contributed by atoms with Crippen LogP contribution < -0.4 is 0 Å². The van der Waals surface area contributed by atoms with Gasteiger partial charge in [0.05, 0.1) is 9.85 Å². The van der Waals surface area contributed by atoms with Gasteiger partial charge in [-0.05, 0) is 40.5 Å². The Morgan fingerprint density at radius 2 is 2.12 bits per heavy atom. The molecule has 0 fully saturated rings. The number of hydrogen-bond acceptors (Lipinski definition) is 1. The molecule has 0 saturated carbocycles. The average Bonchev–Trinajstić information content (AvgIpc) is 2.61. The van der Waals surface area contributed by atoms with Crippen LogP contribution in [0.1, 0.15) is 20.1 Å². The van der Waals surface area contributed by atoms with Crippen molar-refractivity contribution < 1.29 is 4.39 Å². The van der Waals surface area contributed by atoms with Crippen molar-refractivity contribution in [3.63, 3.8) is 0 Å². The van der Waals surface area contributed by atoms with E-state index < -0.39 is 5.82 Å². The van der Waals surface area contributed by atoms with Crippen LogP contribution in [0.25, 0.3) is 0 Å². The van der Waals surface area contributed by atoms with Crippen molar-refractivity contribution in [2.45, 2.75) is 11.8 Å². The first-order valence-corrected chi connectivity index (χ1v) is 7.75. The van der Waals surface area contributed by atoms with E-state index in [1.54, 1.807) is 17.4 Å². The van der Waals surface area contributed by atoms with Gasteiger partial charge < -0.3 is 0 Å². The third-order valence-corrected chi connectivity index (χ3v) is 6.01. The fraction of sp³-hybridized carbons (Fsp3) is 0.167. The molecular formula is C12H8Br2ClFS. The molecule has 0 aliphatic heterocycles. The first kappa shape index (κ1) is 13.5. The zero-order chi connectivity index (χ0) is 12.6. The minimum absolute atomic E-state index is 0.0984. The topological polar surface area (TPSA) is 0 Å². The minimum atomic E-state index is -0.391. The van der Waals surface area contributed by atoms with E-state index in [1.807, 2.05) is 19.1 Å². The molecule has 1 unspecified atom stereocenters. The zero-order valence-corrected chi connectivity index (χ0v) is 13.6. The maximum Gasteiger partial charge on any atom is 0.142 e. The van der Waals surface area contributed by atoms with Gasteiger partial charge in [-0.1, -0.05) is 39.7 Å². The molecule has 90 valence electrons. The molecule has 0 saturated heterocycles. The number of halogens is 4. The molecule has 2 aromatic rings. The van der Waals surface area contributed by atoms with Gasteiger partial charge >= 0.3 is 0 Å². The monoisotopic (exact) mass is 396 g/mol.